The molecule has 11 nitrogen and oxygen atoms in total. The standard InChI is InChI=1S/C10H14N8O3/c1-5(8-15-17-18-16-8)13-10(21)14-7(9(19)20)2-6-3-11-4-12-6/h3-5,7H,2H2,1H3,(H,11,12)(H,19,20)(H2,13,14,21)(H,15,16,17,18)/t5?,7-/m1/s1. The lowest BCUT2D eigenvalue weighted by molar-refractivity contribution is -0.139. The zero-order chi connectivity index (χ0) is 15.2. The Bertz CT molecular complexity index is 581. The molecule has 11 heteroatoms. The maximum absolute atomic E-state index is 11.8. The smallest absolute Gasteiger partial charge is 0.326 e. The number of tetrazole rings is 1. The van der Waals surface area contributed by atoms with Crippen molar-refractivity contribution in [3.8, 4) is 0 Å². The second kappa shape index (κ2) is 6.45. The largest absolute Gasteiger partial charge is 0.480 e. The van der Waals surface area contributed by atoms with Gasteiger partial charge in [0.25, 0.3) is 0 Å². The summed E-state index contributed by atoms with van der Waals surface area (Å²) in [6, 6.07) is -2.23. The van der Waals surface area contributed by atoms with Gasteiger partial charge in [-0.2, -0.15) is 5.21 Å². The third-order valence-electron chi connectivity index (χ3n) is 2.68. The molecule has 112 valence electrons. The van der Waals surface area contributed by atoms with Gasteiger partial charge in [0.1, 0.15) is 6.04 Å². The Kier molecular flexibility index (Phi) is 4.43. The predicted octanol–water partition coefficient (Wildman–Crippen LogP) is -1.02. The molecule has 2 amide bonds. The molecule has 0 aliphatic carbocycles. The molecule has 2 aromatic rings. The van der Waals surface area contributed by atoms with Crippen LogP contribution in [-0.2, 0) is 11.2 Å². The summed E-state index contributed by atoms with van der Waals surface area (Å²) in [4.78, 5) is 29.5. The number of amides is 2. The van der Waals surface area contributed by atoms with Gasteiger partial charge in [-0.05, 0) is 6.92 Å². The van der Waals surface area contributed by atoms with E-state index in [1.807, 2.05) is 0 Å². The first-order valence-corrected chi connectivity index (χ1v) is 6.06. The van der Waals surface area contributed by atoms with Crippen molar-refractivity contribution in [3.05, 3.63) is 24.0 Å². The molecule has 21 heavy (non-hydrogen) atoms. The molecule has 0 saturated carbocycles. The second-order valence-corrected chi connectivity index (χ2v) is 4.28. The third-order valence-corrected chi connectivity index (χ3v) is 2.68. The Morgan fingerprint density at radius 1 is 1.43 bits per heavy atom. The van der Waals surface area contributed by atoms with Gasteiger partial charge in [0.2, 0.25) is 0 Å². The summed E-state index contributed by atoms with van der Waals surface area (Å²) in [5.41, 5.74) is 0.605. The Balaban J connectivity index is 1.90. The van der Waals surface area contributed by atoms with Gasteiger partial charge in [-0.3, -0.25) is 0 Å². The van der Waals surface area contributed by atoms with Crippen LogP contribution < -0.4 is 10.6 Å². The number of carboxylic acid groups (broad SMARTS) is 1. The molecule has 0 aliphatic rings. The molecule has 2 atom stereocenters. The minimum atomic E-state index is -1.15. The van der Waals surface area contributed by atoms with E-state index in [4.69, 9.17) is 5.11 Å². The van der Waals surface area contributed by atoms with E-state index in [-0.39, 0.29) is 6.42 Å². The molecule has 0 aromatic carbocycles. The summed E-state index contributed by atoms with van der Waals surface area (Å²) in [6.07, 6.45) is 3.03. The van der Waals surface area contributed by atoms with Gasteiger partial charge < -0.3 is 20.7 Å². The molecular formula is C10H14N8O3. The van der Waals surface area contributed by atoms with Gasteiger partial charge in [0.05, 0.1) is 12.4 Å². The second-order valence-electron chi connectivity index (χ2n) is 4.28. The molecule has 5 N–H and O–H groups in total. The van der Waals surface area contributed by atoms with Crippen molar-refractivity contribution in [2.24, 2.45) is 0 Å². The Morgan fingerprint density at radius 3 is 2.81 bits per heavy atom. The zero-order valence-electron chi connectivity index (χ0n) is 11.1. The SMILES string of the molecule is CC(NC(=O)N[C@H](Cc1cnc[nH]1)C(=O)O)c1nn[nH]n1. The number of aromatic nitrogens is 6. The number of aromatic amines is 2. The van der Waals surface area contributed by atoms with E-state index >= 15 is 0 Å². The van der Waals surface area contributed by atoms with Gasteiger partial charge in [-0.1, -0.05) is 5.21 Å². The number of urea groups is 1. The summed E-state index contributed by atoms with van der Waals surface area (Å²) in [6.45, 7) is 1.65. The molecule has 2 heterocycles. The van der Waals surface area contributed by atoms with Gasteiger partial charge in [-0.15, -0.1) is 10.2 Å². The molecule has 2 rings (SSSR count). The average molecular weight is 294 g/mol. The average Bonchev–Trinajstić information content (AvgIpc) is 3.10. The fraction of sp³-hybridized carbons (Fsp3) is 0.400. The maximum Gasteiger partial charge on any atom is 0.326 e. The molecule has 0 saturated heterocycles. The lowest BCUT2D eigenvalue weighted by atomic mass is 10.1. The van der Waals surface area contributed by atoms with Crippen molar-refractivity contribution < 1.29 is 14.7 Å². The fourth-order valence-corrected chi connectivity index (χ4v) is 1.63. The molecule has 1 unspecified atom stereocenters. The summed E-state index contributed by atoms with van der Waals surface area (Å²) < 4.78 is 0. The minimum Gasteiger partial charge on any atom is -0.480 e. The summed E-state index contributed by atoms with van der Waals surface area (Å²) in [5, 5.41) is 27.1. The van der Waals surface area contributed by atoms with Gasteiger partial charge >= 0.3 is 12.0 Å². The van der Waals surface area contributed by atoms with Crippen LogP contribution in [0.2, 0.25) is 0 Å². The summed E-state index contributed by atoms with van der Waals surface area (Å²) in [5.74, 6) is -0.849. The van der Waals surface area contributed by atoms with Crippen LogP contribution >= 0.6 is 0 Å². The number of nitrogens with zero attached hydrogens (tertiary/aromatic N) is 4. The van der Waals surface area contributed by atoms with Crippen LogP contribution in [0.25, 0.3) is 0 Å². The highest BCUT2D eigenvalue weighted by Crippen LogP contribution is 2.03. The van der Waals surface area contributed by atoms with Crippen LogP contribution in [0.1, 0.15) is 24.5 Å². The molecule has 0 spiro atoms. The van der Waals surface area contributed by atoms with E-state index in [9.17, 15) is 9.59 Å². The monoisotopic (exact) mass is 294 g/mol. The maximum atomic E-state index is 11.8. The number of H-pyrrole nitrogens is 2. The van der Waals surface area contributed by atoms with Crippen molar-refractivity contribution in [3.63, 3.8) is 0 Å². The Labute approximate surface area is 118 Å². The molecule has 0 radical (unpaired) electrons. The van der Waals surface area contributed by atoms with Crippen LogP contribution in [0.3, 0.4) is 0 Å². The highest BCUT2D eigenvalue weighted by molar-refractivity contribution is 5.82. The zero-order valence-corrected chi connectivity index (χ0v) is 11.1. The number of carbonyl (C=O) groups excluding carboxylic acids is 1. The van der Waals surface area contributed by atoms with E-state index in [0.29, 0.717) is 11.5 Å². The highest BCUT2D eigenvalue weighted by Gasteiger charge is 2.22. The number of hydrogen-bond donors (Lipinski definition) is 5. The van der Waals surface area contributed by atoms with Crippen LogP contribution in [-0.4, -0.2) is 53.7 Å². The lowest BCUT2D eigenvalue weighted by Gasteiger charge is -2.16. The molecule has 2 aromatic heterocycles. The number of carboxylic acids is 1. The highest BCUT2D eigenvalue weighted by atomic mass is 16.4. The Morgan fingerprint density at radius 2 is 2.24 bits per heavy atom. The molecular weight excluding hydrogens is 280 g/mol. The third kappa shape index (κ3) is 3.99. The van der Waals surface area contributed by atoms with Crippen LogP contribution in [0.5, 0.6) is 0 Å². The first-order chi connectivity index (χ1) is 10.1. The predicted molar refractivity (Wildman–Crippen MR) is 68.0 cm³/mol. The number of nitrogens with one attached hydrogen (secondary N) is 4. The van der Waals surface area contributed by atoms with Crippen LogP contribution in [0.4, 0.5) is 4.79 Å². The number of rotatable bonds is 6. The van der Waals surface area contributed by atoms with Gasteiger partial charge in [-0.25, -0.2) is 14.6 Å². The first-order valence-electron chi connectivity index (χ1n) is 6.06. The summed E-state index contributed by atoms with van der Waals surface area (Å²) >= 11 is 0. The van der Waals surface area contributed by atoms with Crippen molar-refractivity contribution in [1.82, 2.24) is 41.2 Å². The number of hydrogen-bond acceptors (Lipinski definition) is 6. The number of aliphatic carboxylic acids is 1. The number of carbonyl (C=O) groups is 2. The van der Waals surface area contributed by atoms with Crippen molar-refractivity contribution >= 4 is 12.0 Å². The molecule has 0 fully saturated rings. The van der Waals surface area contributed by atoms with Gasteiger partial charge in [0, 0.05) is 18.3 Å². The normalized spacial score (nSPS) is 13.4. The van der Waals surface area contributed by atoms with Crippen LogP contribution in [0, 0.1) is 0 Å². The minimum absolute atomic E-state index is 0.0966. The van der Waals surface area contributed by atoms with E-state index in [0.717, 1.165) is 0 Å². The van der Waals surface area contributed by atoms with E-state index in [1.165, 1.54) is 12.5 Å². The molecule has 0 bridgehead atoms. The topological polar surface area (TPSA) is 162 Å². The van der Waals surface area contributed by atoms with E-state index in [2.05, 4.69) is 41.2 Å². The van der Waals surface area contributed by atoms with Gasteiger partial charge in [0.15, 0.2) is 5.82 Å². The van der Waals surface area contributed by atoms with Crippen molar-refractivity contribution in [2.75, 3.05) is 0 Å². The van der Waals surface area contributed by atoms with Crippen molar-refractivity contribution in [2.45, 2.75) is 25.4 Å². The summed E-state index contributed by atoms with van der Waals surface area (Å²) in [7, 11) is 0. The van der Waals surface area contributed by atoms with E-state index in [1.54, 1.807) is 6.92 Å². The number of imidazole rings is 1. The lowest BCUT2D eigenvalue weighted by Crippen LogP contribution is -2.47. The van der Waals surface area contributed by atoms with E-state index < -0.39 is 24.1 Å². The van der Waals surface area contributed by atoms with Crippen LogP contribution in [0.15, 0.2) is 12.5 Å². The molecule has 0 aliphatic heterocycles. The quantitative estimate of drug-likeness (QED) is 0.455. The Hall–Kier alpha value is -2.98. The van der Waals surface area contributed by atoms with Crippen molar-refractivity contribution in [1.29, 1.82) is 0 Å². The fourth-order valence-electron chi connectivity index (χ4n) is 1.63. The first kappa shape index (κ1) is 14.4.